The topological polar surface area (TPSA) is 74.3 Å². The maximum Gasteiger partial charge on any atom is 0.282 e. The van der Waals surface area contributed by atoms with Gasteiger partial charge in [-0.1, -0.05) is 30.3 Å². The van der Waals surface area contributed by atoms with E-state index in [2.05, 4.69) is 15.2 Å². The van der Waals surface area contributed by atoms with Crippen molar-refractivity contribution in [1.82, 2.24) is 19.4 Å². The summed E-state index contributed by atoms with van der Waals surface area (Å²) < 4.78 is 8.92. The highest BCUT2D eigenvalue weighted by Gasteiger charge is 2.17. The van der Waals surface area contributed by atoms with Crippen molar-refractivity contribution in [2.75, 3.05) is 6.61 Å². The van der Waals surface area contributed by atoms with E-state index in [4.69, 9.17) is 4.74 Å². The second-order valence-corrected chi connectivity index (χ2v) is 6.52. The first-order valence-corrected chi connectivity index (χ1v) is 9.40. The second-order valence-electron chi connectivity index (χ2n) is 6.52. The maximum absolute atomic E-state index is 12.8. The van der Waals surface area contributed by atoms with E-state index in [9.17, 15) is 4.79 Å². The van der Waals surface area contributed by atoms with Crippen LogP contribution >= 0.6 is 0 Å². The summed E-state index contributed by atoms with van der Waals surface area (Å²) in [6, 6.07) is 17.0. The molecule has 0 aliphatic carbocycles. The Morgan fingerprint density at radius 1 is 1.07 bits per heavy atom. The van der Waals surface area contributed by atoms with Gasteiger partial charge >= 0.3 is 0 Å². The number of hydrogen-bond acceptors (Lipinski definition) is 5. The van der Waals surface area contributed by atoms with Gasteiger partial charge in [0.25, 0.3) is 5.56 Å². The lowest BCUT2D eigenvalue weighted by Gasteiger charge is -2.09. The van der Waals surface area contributed by atoms with Crippen molar-refractivity contribution >= 4 is 17.1 Å². The average Bonchev–Trinajstić information content (AvgIpc) is 3.04. The van der Waals surface area contributed by atoms with Crippen molar-refractivity contribution in [3.63, 3.8) is 0 Å². The Morgan fingerprint density at radius 2 is 1.79 bits per heavy atom. The van der Waals surface area contributed by atoms with Crippen LogP contribution in [0.3, 0.4) is 0 Å². The summed E-state index contributed by atoms with van der Waals surface area (Å²) in [6.45, 7) is 6.04. The van der Waals surface area contributed by atoms with Crippen molar-refractivity contribution in [1.29, 1.82) is 0 Å². The molecular formula is C22H21N5O2. The summed E-state index contributed by atoms with van der Waals surface area (Å²) in [5, 5.41) is 9.55. The molecule has 0 aliphatic rings. The predicted octanol–water partition coefficient (Wildman–Crippen LogP) is 3.48. The van der Waals surface area contributed by atoms with Gasteiger partial charge < -0.3 is 4.74 Å². The molecule has 0 N–H and O–H groups in total. The first-order chi connectivity index (χ1) is 14.1. The number of ether oxygens (including phenoxy) is 1. The number of aryl methyl sites for hydroxylation is 2. The van der Waals surface area contributed by atoms with Gasteiger partial charge in [-0.05, 0) is 45.0 Å². The summed E-state index contributed by atoms with van der Waals surface area (Å²) >= 11 is 0. The quantitative estimate of drug-likeness (QED) is 0.492. The molecule has 0 fully saturated rings. The molecule has 0 radical (unpaired) electrons. The van der Waals surface area contributed by atoms with Crippen molar-refractivity contribution in [3.8, 4) is 11.6 Å². The molecular weight excluding hydrogens is 366 g/mol. The number of benzene rings is 2. The van der Waals surface area contributed by atoms with Crippen molar-refractivity contribution in [2.24, 2.45) is 5.10 Å². The van der Waals surface area contributed by atoms with E-state index < -0.39 is 0 Å². The third kappa shape index (κ3) is 3.42. The average molecular weight is 387 g/mol. The molecule has 0 unspecified atom stereocenters. The molecule has 0 atom stereocenters. The smallest absolute Gasteiger partial charge is 0.282 e. The van der Waals surface area contributed by atoms with Crippen LogP contribution in [0, 0.1) is 13.8 Å². The molecule has 2 heterocycles. The molecule has 7 heteroatoms. The van der Waals surface area contributed by atoms with Gasteiger partial charge in [0.2, 0.25) is 5.88 Å². The number of para-hydroxylation sites is 2. The predicted molar refractivity (Wildman–Crippen MR) is 113 cm³/mol. The Labute approximate surface area is 167 Å². The molecule has 0 spiro atoms. The molecule has 0 saturated heterocycles. The zero-order valence-corrected chi connectivity index (χ0v) is 16.5. The maximum atomic E-state index is 12.8. The number of nitrogens with zero attached hydrogens (tertiary/aromatic N) is 5. The van der Waals surface area contributed by atoms with Gasteiger partial charge in [0.05, 0.1) is 40.7 Å². The van der Waals surface area contributed by atoms with E-state index >= 15 is 0 Å². The fraction of sp³-hybridized carbons (Fsp3) is 0.182. The van der Waals surface area contributed by atoms with Crippen molar-refractivity contribution in [3.05, 3.63) is 82.0 Å². The van der Waals surface area contributed by atoms with Gasteiger partial charge in [-0.25, -0.2) is 9.67 Å². The Bertz CT molecular complexity index is 1260. The minimum Gasteiger partial charge on any atom is -0.477 e. The lowest BCUT2D eigenvalue weighted by molar-refractivity contribution is 0.316. The van der Waals surface area contributed by atoms with E-state index in [1.165, 1.54) is 4.68 Å². The Morgan fingerprint density at radius 3 is 2.55 bits per heavy atom. The van der Waals surface area contributed by atoms with Crippen LogP contribution in [-0.2, 0) is 0 Å². The zero-order chi connectivity index (χ0) is 20.4. The first-order valence-electron chi connectivity index (χ1n) is 9.40. The molecule has 4 rings (SSSR count). The SMILES string of the molecule is CCOc1c(C=Nn2c(C)nc3ccccc3c2=O)c(C)nn1-c1ccccc1. The highest BCUT2D eigenvalue weighted by Crippen LogP contribution is 2.24. The molecule has 29 heavy (non-hydrogen) atoms. The Balaban J connectivity index is 1.83. The Kier molecular flexibility index (Phi) is 4.95. The van der Waals surface area contributed by atoms with Gasteiger partial charge in [0.1, 0.15) is 5.82 Å². The number of hydrogen-bond donors (Lipinski definition) is 0. The normalized spacial score (nSPS) is 11.4. The van der Waals surface area contributed by atoms with Crippen LogP contribution in [0.1, 0.15) is 24.0 Å². The molecule has 0 bridgehead atoms. The van der Waals surface area contributed by atoms with E-state index in [1.807, 2.05) is 62.4 Å². The lowest BCUT2D eigenvalue weighted by atomic mass is 10.2. The molecule has 2 aromatic carbocycles. The fourth-order valence-electron chi connectivity index (χ4n) is 3.17. The van der Waals surface area contributed by atoms with Gasteiger partial charge in [-0.3, -0.25) is 4.79 Å². The molecule has 0 amide bonds. The van der Waals surface area contributed by atoms with Crippen LogP contribution in [0.4, 0.5) is 0 Å². The third-order valence-corrected chi connectivity index (χ3v) is 4.56. The second kappa shape index (κ2) is 7.71. The standard InChI is InChI=1S/C22H21N5O2/c1-4-29-22-19(15(2)25-27(22)17-10-6-5-7-11-17)14-23-26-16(3)24-20-13-9-8-12-18(20)21(26)28/h5-14H,4H2,1-3H3. The van der Waals surface area contributed by atoms with Crippen molar-refractivity contribution < 1.29 is 4.74 Å². The number of rotatable bonds is 5. The van der Waals surface area contributed by atoms with Crippen LogP contribution in [0.2, 0.25) is 0 Å². The molecule has 146 valence electrons. The van der Waals surface area contributed by atoms with Crippen LogP contribution in [-0.4, -0.2) is 32.3 Å². The lowest BCUT2D eigenvalue weighted by Crippen LogP contribution is -2.20. The van der Waals surface area contributed by atoms with Crippen molar-refractivity contribution in [2.45, 2.75) is 20.8 Å². The van der Waals surface area contributed by atoms with E-state index in [-0.39, 0.29) is 5.56 Å². The summed E-state index contributed by atoms with van der Waals surface area (Å²) in [7, 11) is 0. The Hall–Kier alpha value is -3.74. The van der Waals surface area contributed by atoms with Gasteiger partial charge in [0.15, 0.2) is 0 Å². The molecule has 4 aromatic rings. The van der Waals surface area contributed by atoms with Crippen LogP contribution < -0.4 is 10.3 Å². The van der Waals surface area contributed by atoms with Gasteiger partial charge in [-0.2, -0.15) is 14.9 Å². The van der Waals surface area contributed by atoms with E-state index in [0.717, 1.165) is 16.9 Å². The summed E-state index contributed by atoms with van der Waals surface area (Å²) in [4.78, 5) is 17.3. The van der Waals surface area contributed by atoms with E-state index in [0.29, 0.717) is 29.2 Å². The van der Waals surface area contributed by atoms with Crippen LogP contribution in [0.5, 0.6) is 5.88 Å². The summed E-state index contributed by atoms with van der Waals surface area (Å²) in [5.74, 6) is 1.09. The number of fused-ring (bicyclic) bond motifs is 1. The minimum absolute atomic E-state index is 0.213. The fourth-order valence-corrected chi connectivity index (χ4v) is 3.17. The van der Waals surface area contributed by atoms with Gasteiger partial charge in [0, 0.05) is 0 Å². The zero-order valence-electron chi connectivity index (χ0n) is 16.5. The molecule has 7 nitrogen and oxygen atoms in total. The largest absolute Gasteiger partial charge is 0.477 e. The minimum atomic E-state index is -0.213. The summed E-state index contributed by atoms with van der Waals surface area (Å²) in [5.41, 5.74) is 2.80. The van der Waals surface area contributed by atoms with E-state index in [1.54, 1.807) is 23.9 Å². The number of aromatic nitrogens is 4. The molecule has 0 saturated carbocycles. The molecule has 2 aromatic heterocycles. The third-order valence-electron chi connectivity index (χ3n) is 4.56. The van der Waals surface area contributed by atoms with Crippen LogP contribution in [0.25, 0.3) is 16.6 Å². The van der Waals surface area contributed by atoms with Crippen LogP contribution in [0.15, 0.2) is 64.5 Å². The van der Waals surface area contributed by atoms with Gasteiger partial charge in [-0.15, -0.1) is 0 Å². The monoisotopic (exact) mass is 387 g/mol. The highest BCUT2D eigenvalue weighted by atomic mass is 16.5. The summed E-state index contributed by atoms with van der Waals surface area (Å²) in [6.07, 6.45) is 1.61. The first kappa shape index (κ1) is 18.6. The highest BCUT2D eigenvalue weighted by molar-refractivity contribution is 5.85. The molecule has 0 aliphatic heterocycles.